The number of hydrogen-bond acceptors (Lipinski definition) is 7. The summed E-state index contributed by atoms with van der Waals surface area (Å²) in [6.07, 6.45) is 5.19. The average Bonchev–Trinajstić information content (AvgIpc) is 2.94. The highest BCUT2D eigenvalue weighted by atomic mass is 19.1. The molecule has 1 aromatic heterocycles. The van der Waals surface area contributed by atoms with E-state index in [-0.39, 0.29) is 11.8 Å². The van der Waals surface area contributed by atoms with Crippen molar-refractivity contribution in [3.8, 4) is 11.5 Å². The lowest BCUT2D eigenvalue weighted by molar-refractivity contribution is -0.108. The van der Waals surface area contributed by atoms with Crippen LogP contribution in [0.15, 0.2) is 47.6 Å². The number of carbonyl (C=O) groups is 1. The van der Waals surface area contributed by atoms with E-state index in [9.17, 15) is 9.18 Å². The fourth-order valence-electron chi connectivity index (χ4n) is 4.45. The van der Waals surface area contributed by atoms with E-state index in [1.54, 1.807) is 30.2 Å². The van der Waals surface area contributed by atoms with Crippen molar-refractivity contribution in [3.63, 3.8) is 0 Å². The van der Waals surface area contributed by atoms with Gasteiger partial charge in [0.15, 0.2) is 11.6 Å². The first-order valence-electron chi connectivity index (χ1n) is 12.7. The number of hydrogen-bond donors (Lipinski definition) is 1. The Morgan fingerprint density at radius 3 is 2.59 bits per heavy atom. The lowest BCUT2D eigenvalue weighted by atomic mass is 9.99. The molecule has 1 aliphatic heterocycles. The molecule has 10 heteroatoms. The van der Waals surface area contributed by atoms with Crippen molar-refractivity contribution in [2.75, 3.05) is 39.9 Å². The lowest BCUT2D eigenvalue weighted by Crippen LogP contribution is -2.45. The van der Waals surface area contributed by atoms with Gasteiger partial charge in [-0.3, -0.25) is 10.2 Å². The molecular formula is C29H37FN4O5. The molecule has 2 heterocycles. The number of methoxy groups -OCH3 is 4. The normalized spacial score (nSPS) is 13.8. The molecule has 2 aromatic rings. The summed E-state index contributed by atoms with van der Waals surface area (Å²) in [5.74, 6) is 1.27. The molecule has 1 N–H and O–H groups in total. The number of fused-ring (bicyclic) bond motifs is 1. The number of rotatable bonds is 10. The Balaban J connectivity index is 1.73. The van der Waals surface area contributed by atoms with Crippen molar-refractivity contribution in [2.24, 2.45) is 4.99 Å². The van der Waals surface area contributed by atoms with Gasteiger partial charge in [-0.2, -0.15) is 0 Å². The second kappa shape index (κ2) is 13.9. The van der Waals surface area contributed by atoms with Crippen LogP contribution in [0, 0.1) is 12.7 Å². The number of halogens is 1. The number of aryl methyl sites for hydroxylation is 1. The number of amidine groups is 1. The highest BCUT2D eigenvalue weighted by molar-refractivity contribution is 6.04. The quantitative estimate of drug-likeness (QED) is 0.187. The number of aromatic nitrogens is 1. The second-order valence-corrected chi connectivity index (χ2v) is 9.03. The van der Waals surface area contributed by atoms with Crippen molar-refractivity contribution in [2.45, 2.75) is 45.8 Å². The summed E-state index contributed by atoms with van der Waals surface area (Å²) in [6.45, 7) is 7.89. The zero-order chi connectivity index (χ0) is 28.5. The molecule has 0 aliphatic carbocycles. The predicted molar refractivity (Wildman–Crippen MR) is 149 cm³/mol. The summed E-state index contributed by atoms with van der Waals surface area (Å²) in [5.41, 5.74) is 3.57. The van der Waals surface area contributed by atoms with E-state index >= 15 is 0 Å². The molecule has 0 unspecified atom stereocenters. The zero-order valence-corrected chi connectivity index (χ0v) is 23.5. The number of benzene rings is 1. The topological polar surface area (TPSA) is 94.5 Å². The molecule has 0 bridgehead atoms. The molecule has 39 heavy (non-hydrogen) atoms. The number of carbonyl (C=O) groups excluding carboxylic acids is 1. The van der Waals surface area contributed by atoms with E-state index in [4.69, 9.17) is 18.9 Å². The molecule has 2 amide bonds. The van der Waals surface area contributed by atoms with Gasteiger partial charge in [-0.05, 0) is 67.9 Å². The molecular weight excluding hydrogens is 503 g/mol. The number of aliphatic imine (C=N–C) groups is 1. The number of nitrogens with zero attached hydrogens (tertiary/aromatic N) is 3. The minimum atomic E-state index is -0.622. The largest absolute Gasteiger partial charge is 0.496 e. The SMILES string of the molecule is C=C/C(=C\N=C(C)NC(=O)N1CCCc2ccc(C(OC)OC)nc21)CCc1c(C)c(OC)cc(OC)c1F. The number of ether oxygens (including phenoxy) is 4. The molecule has 0 saturated heterocycles. The second-order valence-electron chi connectivity index (χ2n) is 9.03. The van der Waals surface area contributed by atoms with Gasteiger partial charge in [0.1, 0.15) is 17.4 Å². The maximum atomic E-state index is 14.9. The van der Waals surface area contributed by atoms with E-state index in [0.29, 0.717) is 53.6 Å². The Morgan fingerprint density at radius 2 is 1.95 bits per heavy atom. The zero-order valence-electron chi connectivity index (χ0n) is 23.5. The molecule has 0 saturated carbocycles. The minimum Gasteiger partial charge on any atom is -0.496 e. The van der Waals surface area contributed by atoms with Crippen LogP contribution in [0.3, 0.4) is 0 Å². The fourth-order valence-corrected chi connectivity index (χ4v) is 4.45. The third kappa shape index (κ3) is 7.01. The highest BCUT2D eigenvalue weighted by Crippen LogP contribution is 2.33. The van der Waals surface area contributed by atoms with Crippen LogP contribution in [-0.2, 0) is 22.3 Å². The Labute approximate surface area is 229 Å². The van der Waals surface area contributed by atoms with Gasteiger partial charge >= 0.3 is 6.03 Å². The number of nitrogens with one attached hydrogen (secondary N) is 1. The van der Waals surface area contributed by atoms with Crippen LogP contribution in [0.2, 0.25) is 0 Å². The number of urea groups is 1. The molecule has 0 spiro atoms. The average molecular weight is 541 g/mol. The van der Waals surface area contributed by atoms with Gasteiger partial charge in [-0.1, -0.05) is 18.7 Å². The number of amides is 2. The van der Waals surface area contributed by atoms with Crippen molar-refractivity contribution in [1.82, 2.24) is 10.3 Å². The molecule has 210 valence electrons. The van der Waals surface area contributed by atoms with Gasteiger partial charge in [0.25, 0.3) is 0 Å². The number of pyridine rings is 1. The molecule has 0 fully saturated rings. The first kappa shape index (κ1) is 29.8. The minimum absolute atomic E-state index is 0.133. The molecule has 0 atom stereocenters. The van der Waals surface area contributed by atoms with Gasteiger partial charge in [0, 0.05) is 33.0 Å². The molecule has 1 aliphatic rings. The first-order valence-corrected chi connectivity index (χ1v) is 12.7. The predicted octanol–water partition coefficient (Wildman–Crippen LogP) is 5.42. The lowest BCUT2D eigenvalue weighted by Gasteiger charge is -2.29. The summed E-state index contributed by atoms with van der Waals surface area (Å²) in [5, 5.41) is 2.83. The standard InChI is InChI=1S/C29H37FN4O5/c1-8-20(11-13-22-18(2)24(36-4)16-25(37-5)26(22)30)17-31-19(3)32-29(35)34-15-9-10-21-12-14-23(33-27(21)34)28(38-6)39-7/h8,12,14,16-17,28H,1,9-11,13,15H2,2-7H3,(H,31,32,35)/b20-17+. The molecule has 0 radical (unpaired) electrons. The van der Waals surface area contributed by atoms with Gasteiger partial charge < -0.3 is 18.9 Å². The maximum Gasteiger partial charge on any atom is 0.328 e. The molecule has 9 nitrogen and oxygen atoms in total. The van der Waals surface area contributed by atoms with Crippen LogP contribution >= 0.6 is 0 Å². The third-order valence-electron chi connectivity index (χ3n) is 6.62. The van der Waals surface area contributed by atoms with Crippen molar-refractivity contribution < 1.29 is 28.1 Å². The Hall–Kier alpha value is -3.76. The molecule has 1 aromatic carbocycles. The third-order valence-corrected chi connectivity index (χ3v) is 6.62. The summed E-state index contributed by atoms with van der Waals surface area (Å²) < 4.78 is 36.1. The van der Waals surface area contributed by atoms with Crippen LogP contribution in [0.25, 0.3) is 0 Å². The highest BCUT2D eigenvalue weighted by Gasteiger charge is 2.26. The van der Waals surface area contributed by atoms with Gasteiger partial charge in [-0.15, -0.1) is 0 Å². The van der Waals surface area contributed by atoms with Gasteiger partial charge in [0.05, 0.1) is 19.9 Å². The van der Waals surface area contributed by atoms with Gasteiger partial charge in [-0.25, -0.2) is 19.2 Å². The summed E-state index contributed by atoms with van der Waals surface area (Å²) in [4.78, 5) is 23.8. The van der Waals surface area contributed by atoms with Crippen LogP contribution in [0.1, 0.15) is 48.4 Å². The van der Waals surface area contributed by atoms with E-state index in [1.807, 2.05) is 19.1 Å². The monoisotopic (exact) mass is 540 g/mol. The first-order chi connectivity index (χ1) is 18.8. The summed E-state index contributed by atoms with van der Waals surface area (Å²) in [6, 6.07) is 5.01. The van der Waals surface area contributed by atoms with E-state index in [1.165, 1.54) is 28.4 Å². The van der Waals surface area contributed by atoms with E-state index in [2.05, 4.69) is 21.9 Å². The van der Waals surface area contributed by atoms with Crippen molar-refractivity contribution in [1.29, 1.82) is 0 Å². The summed E-state index contributed by atoms with van der Waals surface area (Å²) in [7, 11) is 6.04. The van der Waals surface area contributed by atoms with E-state index in [0.717, 1.165) is 24.0 Å². The van der Waals surface area contributed by atoms with Crippen LogP contribution in [-0.4, -0.2) is 51.8 Å². The van der Waals surface area contributed by atoms with Crippen LogP contribution < -0.4 is 19.7 Å². The smallest absolute Gasteiger partial charge is 0.328 e. The number of anilines is 1. The van der Waals surface area contributed by atoms with Crippen molar-refractivity contribution in [3.05, 3.63) is 70.8 Å². The van der Waals surface area contributed by atoms with Gasteiger partial charge in [0.2, 0.25) is 6.29 Å². The van der Waals surface area contributed by atoms with Crippen LogP contribution in [0.4, 0.5) is 15.0 Å². The van der Waals surface area contributed by atoms with E-state index < -0.39 is 12.1 Å². The maximum absolute atomic E-state index is 14.9. The van der Waals surface area contributed by atoms with Crippen molar-refractivity contribution >= 4 is 17.7 Å². The molecule has 3 rings (SSSR count). The van der Waals surface area contributed by atoms with Crippen LogP contribution in [0.5, 0.6) is 11.5 Å². The Morgan fingerprint density at radius 1 is 1.23 bits per heavy atom. The Kier molecular flexibility index (Phi) is 10.6. The fraction of sp³-hybridized carbons (Fsp3) is 0.414. The Bertz CT molecular complexity index is 1230. The summed E-state index contributed by atoms with van der Waals surface area (Å²) >= 11 is 0. The number of allylic oxidation sites excluding steroid dienone is 2.